The van der Waals surface area contributed by atoms with Crippen molar-refractivity contribution in [3.8, 4) is 0 Å². The van der Waals surface area contributed by atoms with Crippen LogP contribution in [0.15, 0.2) is 0 Å². The summed E-state index contributed by atoms with van der Waals surface area (Å²) in [6.07, 6.45) is 8.55. The van der Waals surface area contributed by atoms with Gasteiger partial charge in [-0.2, -0.15) is 0 Å². The first-order valence-corrected chi connectivity index (χ1v) is 15.6. The smallest absolute Gasteiger partial charge is 0.0923 e. The van der Waals surface area contributed by atoms with Gasteiger partial charge < -0.3 is 29.5 Å². The summed E-state index contributed by atoms with van der Waals surface area (Å²) in [4.78, 5) is 0.335. The van der Waals surface area contributed by atoms with Gasteiger partial charge in [-0.1, -0.05) is 35.7 Å². The van der Waals surface area contributed by atoms with Gasteiger partial charge in [0.1, 0.15) is 0 Å². The largest absolute Gasteiger partial charge is 0.390 e. The Labute approximate surface area is 234 Å². The van der Waals surface area contributed by atoms with Crippen molar-refractivity contribution in [2.45, 2.75) is 183 Å². The van der Waals surface area contributed by atoms with Gasteiger partial charge in [0, 0.05) is 4.83 Å². The molecule has 0 radical (unpaired) electrons. The van der Waals surface area contributed by atoms with Crippen LogP contribution >= 0.6 is 15.9 Å². The maximum Gasteiger partial charge on any atom is 0.0923 e. The number of halogens is 1. The Morgan fingerprint density at radius 2 is 1.65 bits per heavy atom. The van der Waals surface area contributed by atoms with Crippen molar-refractivity contribution < 1.29 is 29.5 Å². The Balaban J connectivity index is 1.46. The number of ether oxygens (including phenoxy) is 3. The van der Waals surface area contributed by atoms with Crippen LogP contribution in [0.1, 0.15) is 126 Å². The summed E-state index contributed by atoms with van der Waals surface area (Å²) in [5, 5.41) is 32.3. The van der Waals surface area contributed by atoms with E-state index in [9.17, 15) is 15.3 Å². The van der Waals surface area contributed by atoms with Crippen molar-refractivity contribution in [2.75, 3.05) is 0 Å². The van der Waals surface area contributed by atoms with Crippen molar-refractivity contribution in [1.29, 1.82) is 0 Å². The number of hydrogen-bond donors (Lipinski definition) is 3. The highest BCUT2D eigenvalue weighted by Crippen LogP contribution is 2.46. The Hall–Kier alpha value is 0.240. The van der Waals surface area contributed by atoms with E-state index in [1.807, 2.05) is 13.8 Å². The average Bonchev–Trinajstić information content (AvgIpc) is 3.19. The summed E-state index contributed by atoms with van der Waals surface area (Å²) in [7, 11) is 0. The lowest BCUT2D eigenvalue weighted by Crippen LogP contribution is -2.60. The summed E-state index contributed by atoms with van der Waals surface area (Å²) in [6, 6.07) is 0. The summed E-state index contributed by atoms with van der Waals surface area (Å²) in [5.74, 6) is 0.463. The summed E-state index contributed by atoms with van der Waals surface area (Å²) < 4.78 is 19.3. The zero-order valence-corrected chi connectivity index (χ0v) is 26.3. The topological polar surface area (TPSA) is 88.4 Å². The molecule has 3 N–H and O–H groups in total. The third-order valence-electron chi connectivity index (χ3n) is 9.66. The highest BCUT2D eigenvalue weighted by atomic mass is 79.9. The maximum atomic E-state index is 11.1. The minimum Gasteiger partial charge on any atom is -0.390 e. The molecule has 0 aliphatic carbocycles. The molecule has 9 atom stereocenters. The van der Waals surface area contributed by atoms with Gasteiger partial charge in [0.15, 0.2) is 0 Å². The van der Waals surface area contributed by atoms with Crippen LogP contribution in [0.2, 0.25) is 0 Å². The van der Waals surface area contributed by atoms with Crippen LogP contribution < -0.4 is 0 Å². The molecule has 0 saturated carbocycles. The number of alkyl halides is 1. The molecule has 3 rings (SSSR count). The number of rotatable bonds is 10. The number of hydrogen-bond acceptors (Lipinski definition) is 6. The zero-order valence-electron chi connectivity index (χ0n) is 24.7. The molecular weight excluding hydrogens is 536 g/mol. The van der Waals surface area contributed by atoms with Gasteiger partial charge in [-0.05, 0) is 112 Å². The quantitative estimate of drug-likeness (QED) is 0.268. The molecule has 3 heterocycles. The van der Waals surface area contributed by atoms with E-state index in [1.165, 1.54) is 0 Å². The number of aliphatic hydroxyl groups excluding tert-OH is 1. The van der Waals surface area contributed by atoms with E-state index >= 15 is 0 Å². The fourth-order valence-electron chi connectivity index (χ4n) is 6.68. The lowest BCUT2D eigenvalue weighted by atomic mass is 9.78. The molecule has 0 aromatic carbocycles. The van der Waals surface area contributed by atoms with E-state index < -0.39 is 22.9 Å². The van der Waals surface area contributed by atoms with Gasteiger partial charge in [-0.15, -0.1) is 0 Å². The van der Waals surface area contributed by atoms with E-state index in [0.29, 0.717) is 17.2 Å². The Morgan fingerprint density at radius 1 is 0.973 bits per heavy atom. The first-order chi connectivity index (χ1) is 16.9. The monoisotopic (exact) mass is 590 g/mol. The summed E-state index contributed by atoms with van der Waals surface area (Å²) in [5.41, 5.74) is -2.88. The Bertz CT molecular complexity index is 751. The summed E-state index contributed by atoms with van der Waals surface area (Å²) in [6.45, 7) is 16.1. The molecule has 6 nitrogen and oxygen atoms in total. The Morgan fingerprint density at radius 3 is 2.24 bits per heavy atom. The molecule has 0 amide bonds. The molecule has 0 aromatic heterocycles. The van der Waals surface area contributed by atoms with E-state index in [2.05, 4.69) is 43.6 Å². The molecule has 0 aromatic rings. The van der Waals surface area contributed by atoms with Crippen molar-refractivity contribution >= 4 is 15.9 Å². The predicted molar refractivity (Wildman–Crippen MR) is 151 cm³/mol. The normalized spacial score (nSPS) is 42.5. The van der Waals surface area contributed by atoms with E-state index in [0.717, 1.165) is 64.2 Å². The van der Waals surface area contributed by atoms with Crippen molar-refractivity contribution in [1.82, 2.24) is 0 Å². The van der Waals surface area contributed by atoms with Gasteiger partial charge in [0.05, 0.1) is 52.4 Å². The van der Waals surface area contributed by atoms with Gasteiger partial charge in [-0.3, -0.25) is 0 Å². The first-order valence-electron chi connectivity index (χ1n) is 14.7. The van der Waals surface area contributed by atoms with E-state index in [-0.39, 0.29) is 29.5 Å². The fourth-order valence-corrected chi connectivity index (χ4v) is 7.00. The molecule has 3 aliphatic heterocycles. The molecule has 3 saturated heterocycles. The second kappa shape index (κ2) is 11.6. The molecule has 3 fully saturated rings. The third kappa shape index (κ3) is 7.71. The third-order valence-corrected chi connectivity index (χ3v) is 11.2. The molecule has 0 bridgehead atoms. The van der Waals surface area contributed by atoms with Crippen LogP contribution in [0.4, 0.5) is 0 Å². The SMILES string of the molecule is CC(CCCC1OC([C@]2(C)CC[C@@H](Br)C(C)(C)O2)CC[C@]1(C)O)CC[C@H](O)C1(C)CC[C@H](C(C)(C)O)O1. The van der Waals surface area contributed by atoms with E-state index in [1.54, 1.807) is 13.8 Å². The maximum absolute atomic E-state index is 11.1. The lowest BCUT2D eigenvalue weighted by Gasteiger charge is -2.53. The average molecular weight is 592 g/mol. The van der Waals surface area contributed by atoms with Gasteiger partial charge in [-0.25, -0.2) is 0 Å². The molecule has 0 spiro atoms. The second-order valence-electron chi connectivity index (χ2n) is 14.3. The van der Waals surface area contributed by atoms with Crippen LogP contribution in [0.25, 0.3) is 0 Å². The molecule has 3 aliphatic rings. The van der Waals surface area contributed by atoms with Crippen molar-refractivity contribution in [3.05, 3.63) is 0 Å². The standard InChI is InChI=1S/C30H55BrO6/c1-20(12-13-22(32)29(7)19-16-23(36-29)26(2,3)33)10-9-11-24-28(6,34)17-15-25(35-24)30(8)18-14-21(31)27(4,5)37-30/h20-25,32-34H,9-19H2,1-8H3/t20?,21-,22+,23-,24?,25?,28+,29?,30+/m1/s1. The van der Waals surface area contributed by atoms with Crippen LogP contribution in [0.5, 0.6) is 0 Å². The first kappa shape index (κ1) is 31.8. The fraction of sp³-hybridized carbons (Fsp3) is 1.00. The number of aliphatic hydroxyl groups is 3. The summed E-state index contributed by atoms with van der Waals surface area (Å²) >= 11 is 3.78. The van der Waals surface area contributed by atoms with Crippen LogP contribution in [0.3, 0.4) is 0 Å². The van der Waals surface area contributed by atoms with Gasteiger partial charge >= 0.3 is 0 Å². The second-order valence-corrected chi connectivity index (χ2v) is 15.4. The zero-order chi connectivity index (χ0) is 27.9. The minimum atomic E-state index is -0.890. The Kier molecular flexibility index (Phi) is 9.97. The molecule has 37 heavy (non-hydrogen) atoms. The van der Waals surface area contributed by atoms with Crippen LogP contribution in [-0.4, -0.2) is 72.6 Å². The van der Waals surface area contributed by atoms with Crippen molar-refractivity contribution in [2.24, 2.45) is 5.92 Å². The van der Waals surface area contributed by atoms with E-state index in [4.69, 9.17) is 14.2 Å². The molecule has 4 unspecified atom stereocenters. The minimum absolute atomic E-state index is 0.00977. The lowest BCUT2D eigenvalue weighted by molar-refractivity contribution is -0.262. The van der Waals surface area contributed by atoms with Gasteiger partial charge in [0.25, 0.3) is 0 Å². The highest BCUT2D eigenvalue weighted by Gasteiger charge is 2.51. The molecule has 7 heteroatoms. The highest BCUT2D eigenvalue weighted by molar-refractivity contribution is 9.09. The molecule has 218 valence electrons. The predicted octanol–water partition coefficient (Wildman–Crippen LogP) is 6.05. The van der Waals surface area contributed by atoms with Gasteiger partial charge in [0.2, 0.25) is 0 Å². The van der Waals surface area contributed by atoms with Crippen LogP contribution in [0, 0.1) is 5.92 Å². The van der Waals surface area contributed by atoms with Crippen molar-refractivity contribution in [3.63, 3.8) is 0 Å². The van der Waals surface area contributed by atoms with Crippen LogP contribution in [-0.2, 0) is 14.2 Å². The molecular formula is C30H55BrO6.